The van der Waals surface area contributed by atoms with Crippen LogP contribution in [0.4, 0.5) is 0 Å². The highest BCUT2D eigenvalue weighted by Gasteiger charge is 2.12. The van der Waals surface area contributed by atoms with E-state index >= 15 is 0 Å². The van der Waals surface area contributed by atoms with E-state index in [2.05, 4.69) is 9.97 Å². The van der Waals surface area contributed by atoms with Gasteiger partial charge in [-0.15, -0.1) is 0 Å². The molecule has 0 aliphatic heterocycles. The molecule has 0 fully saturated rings. The van der Waals surface area contributed by atoms with Crippen LogP contribution in [0.25, 0.3) is 11.3 Å². The Morgan fingerprint density at radius 3 is 2.30 bits per heavy atom. The first-order valence-electron chi connectivity index (χ1n) is 6.88. The van der Waals surface area contributed by atoms with Gasteiger partial charge >= 0.3 is 0 Å². The molecule has 0 unspecified atom stereocenters. The van der Waals surface area contributed by atoms with Gasteiger partial charge in [-0.25, -0.2) is 4.98 Å². The van der Waals surface area contributed by atoms with Crippen LogP contribution in [-0.4, -0.2) is 9.97 Å². The second-order valence-electron chi connectivity index (χ2n) is 5.23. The molecule has 23 heavy (non-hydrogen) atoms. The van der Waals surface area contributed by atoms with Gasteiger partial charge in [0.1, 0.15) is 5.82 Å². The molecule has 0 amide bonds. The van der Waals surface area contributed by atoms with Gasteiger partial charge in [0.15, 0.2) is 0 Å². The summed E-state index contributed by atoms with van der Waals surface area (Å²) in [4.78, 5) is 7.93. The predicted octanol–water partition coefficient (Wildman–Crippen LogP) is 6.59. The lowest BCUT2D eigenvalue weighted by atomic mass is 10.1. The van der Waals surface area contributed by atoms with E-state index < -0.39 is 0 Å². The molecule has 0 bridgehead atoms. The van der Waals surface area contributed by atoms with Crippen molar-refractivity contribution in [3.05, 3.63) is 73.6 Å². The number of aromatic amines is 1. The molecular weight excluding hydrogens is 374 g/mol. The molecule has 0 saturated heterocycles. The summed E-state index contributed by atoms with van der Waals surface area (Å²) in [6.07, 6.45) is 0.564. The molecule has 0 radical (unpaired) electrons. The number of nitrogens with one attached hydrogen (secondary N) is 1. The van der Waals surface area contributed by atoms with Crippen LogP contribution >= 0.6 is 46.4 Å². The van der Waals surface area contributed by atoms with E-state index in [4.69, 9.17) is 46.4 Å². The number of imidazole rings is 1. The minimum absolute atomic E-state index is 0.564. The van der Waals surface area contributed by atoms with E-state index in [0.717, 1.165) is 28.3 Å². The van der Waals surface area contributed by atoms with Gasteiger partial charge in [-0.05, 0) is 48.9 Å². The van der Waals surface area contributed by atoms with E-state index in [1.165, 1.54) is 0 Å². The van der Waals surface area contributed by atoms with Crippen LogP contribution in [0.5, 0.6) is 0 Å². The smallest absolute Gasteiger partial charge is 0.111 e. The number of aromatic nitrogens is 2. The zero-order chi connectivity index (χ0) is 16.6. The molecule has 6 heteroatoms. The minimum atomic E-state index is 0.564. The average molecular weight is 386 g/mol. The van der Waals surface area contributed by atoms with Crippen molar-refractivity contribution in [2.24, 2.45) is 0 Å². The number of aryl methyl sites for hydroxylation is 1. The van der Waals surface area contributed by atoms with Gasteiger partial charge in [-0.2, -0.15) is 0 Å². The second kappa shape index (κ2) is 6.74. The third-order valence-corrected chi connectivity index (χ3v) is 4.48. The molecule has 3 rings (SSSR count). The summed E-state index contributed by atoms with van der Waals surface area (Å²) in [6, 6.07) is 10.8. The van der Waals surface area contributed by atoms with Crippen LogP contribution in [0.3, 0.4) is 0 Å². The molecular formula is C17H12Cl4N2. The Balaban J connectivity index is 1.96. The highest BCUT2D eigenvalue weighted by molar-refractivity contribution is 6.35. The zero-order valence-electron chi connectivity index (χ0n) is 12.1. The molecule has 0 aliphatic carbocycles. The van der Waals surface area contributed by atoms with Crippen molar-refractivity contribution in [2.75, 3.05) is 0 Å². The lowest BCUT2D eigenvalue weighted by Gasteiger charge is -2.03. The van der Waals surface area contributed by atoms with Gasteiger partial charge in [0, 0.05) is 37.8 Å². The number of hydrogen-bond donors (Lipinski definition) is 1. The van der Waals surface area contributed by atoms with Crippen molar-refractivity contribution in [3.63, 3.8) is 0 Å². The van der Waals surface area contributed by atoms with Crippen LogP contribution in [-0.2, 0) is 6.42 Å². The molecule has 0 saturated carbocycles. The van der Waals surface area contributed by atoms with Gasteiger partial charge in [0.2, 0.25) is 0 Å². The summed E-state index contributed by atoms with van der Waals surface area (Å²) in [6.45, 7) is 1.96. The maximum Gasteiger partial charge on any atom is 0.111 e. The molecule has 2 nitrogen and oxygen atoms in total. The van der Waals surface area contributed by atoms with Crippen molar-refractivity contribution in [1.29, 1.82) is 0 Å². The molecule has 0 atom stereocenters. The normalized spacial score (nSPS) is 11.0. The lowest BCUT2D eigenvalue weighted by Crippen LogP contribution is -1.92. The third kappa shape index (κ3) is 3.84. The van der Waals surface area contributed by atoms with E-state index in [0.29, 0.717) is 26.5 Å². The summed E-state index contributed by atoms with van der Waals surface area (Å²) in [5.74, 6) is 0.803. The van der Waals surface area contributed by atoms with Crippen LogP contribution in [0, 0.1) is 6.92 Å². The maximum absolute atomic E-state index is 6.22. The summed E-state index contributed by atoms with van der Waals surface area (Å²) >= 11 is 24.4. The van der Waals surface area contributed by atoms with Gasteiger partial charge in [-0.3, -0.25) is 0 Å². The largest absolute Gasteiger partial charge is 0.345 e. The van der Waals surface area contributed by atoms with E-state index in [1.807, 2.05) is 25.1 Å². The zero-order valence-corrected chi connectivity index (χ0v) is 15.2. The summed E-state index contributed by atoms with van der Waals surface area (Å²) < 4.78 is 0. The van der Waals surface area contributed by atoms with Crippen molar-refractivity contribution < 1.29 is 0 Å². The van der Waals surface area contributed by atoms with Crippen molar-refractivity contribution in [3.8, 4) is 11.3 Å². The first kappa shape index (κ1) is 16.7. The van der Waals surface area contributed by atoms with Crippen LogP contribution in [0.15, 0.2) is 36.4 Å². The standard InChI is InChI=1S/C17H12Cl4N2/c1-9-17(11-5-13(19)8-14(20)6-11)23-16(22-9)7-10-4-12(18)2-3-15(10)21/h2-6,8H,7H2,1H3,(H,22,23). The fourth-order valence-electron chi connectivity index (χ4n) is 2.44. The van der Waals surface area contributed by atoms with E-state index in [9.17, 15) is 0 Å². The van der Waals surface area contributed by atoms with E-state index in [1.54, 1.807) is 18.2 Å². The van der Waals surface area contributed by atoms with Crippen LogP contribution in [0.1, 0.15) is 17.1 Å². The predicted molar refractivity (Wildman–Crippen MR) is 98.0 cm³/mol. The number of H-pyrrole nitrogens is 1. The quantitative estimate of drug-likeness (QED) is 0.541. The minimum Gasteiger partial charge on any atom is -0.345 e. The van der Waals surface area contributed by atoms with Crippen LogP contribution < -0.4 is 0 Å². The van der Waals surface area contributed by atoms with Crippen molar-refractivity contribution >= 4 is 46.4 Å². The monoisotopic (exact) mass is 384 g/mol. The molecule has 3 aromatic rings. The maximum atomic E-state index is 6.22. The van der Waals surface area contributed by atoms with E-state index in [-0.39, 0.29) is 0 Å². The molecule has 118 valence electrons. The number of halogens is 4. The summed E-state index contributed by atoms with van der Waals surface area (Å²) in [5.41, 5.74) is 3.56. The first-order chi connectivity index (χ1) is 10.9. The molecule has 0 aliphatic rings. The Bertz CT molecular complexity index is 851. The molecule has 0 spiro atoms. The molecule has 1 N–H and O–H groups in total. The van der Waals surface area contributed by atoms with Gasteiger partial charge in [0.05, 0.1) is 5.69 Å². The second-order valence-corrected chi connectivity index (χ2v) is 6.94. The Hall–Kier alpha value is -1.19. The Morgan fingerprint density at radius 2 is 1.61 bits per heavy atom. The van der Waals surface area contributed by atoms with Crippen LogP contribution in [0.2, 0.25) is 20.1 Å². The van der Waals surface area contributed by atoms with Gasteiger partial charge in [0.25, 0.3) is 0 Å². The topological polar surface area (TPSA) is 28.7 Å². The van der Waals surface area contributed by atoms with Gasteiger partial charge in [-0.1, -0.05) is 46.4 Å². The van der Waals surface area contributed by atoms with Gasteiger partial charge < -0.3 is 4.98 Å². The SMILES string of the molecule is Cc1[nH]c(Cc2cc(Cl)ccc2Cl)nc1-c1cc(Cl)cc(Cl)c1. The first-order valence-corrected chi connectivity index (χ1v) is 8.39. The Kier molecular flexibility index (Phi) is 4.88. The third-order valence-electron chi connectivity index (χ3n) is 3.44. The average Bonchev–Trinajstić information content (AvgIpc) is 2.82. The lowest BCUT2D eigenvalue weighted by molar-refractivity contribution is 1.02. The Labute approximate surface area is 154 Å². The number of benzene rings is 2. The number of rotatable bonds is 3. The molecule has 1 aromatic heterocycles. The number of hydrogen-bond acceptors (Lipinski definition) is 1. The highest BCUT2D eigenvalue weighted by atomic mass is 35.5. The molecule has 2 aromatic carbocycles. The van der Waals surface area contributed by atoms with Crippen molar-refractivity contribution in [1.82, 2.24) is 9.97 Å². The molecule has 1 heterocycles. The number of nitrogens with zero attached hydrogens (tertiary/aromatic N) is 1. The Morgan fingerprint density at radius 1 is 0.913 bits per heavy atom. The van der Waals surface area contributed by atoms with Crippen molar-refractivity contribution in [2.45, 2.75) is 13.3 Å². The fourth-order valence-corrected chi connectivity index (χ4v) is 3.34. The fraction of sp³-hybridized carbons (Fsp3) is 0.118. The summed E-state index contributed by atoms with van der Waals surface area (Å²) in [5, 5.41) is 2.47. The summed E-state index contributed by atoms with van der Waals surface area (Å²) in [7, 11) is 0. The highest BCUT2D eigenvalue weighted by Crippen LogP contribution is 2.29.